The minimum absolute atomic E-state index is 0.289. The number of anilines is 2. The Balaban J connectivity index is 1.90. The molecule has 2 aromatic rings. The number of hydrogen-bond acceptors (Lipinski definition) is 6. The average molecular weight is 273 g/mol. The number of nitrogens with zero attached hydrogens (tertiary/aromatic N) is 5. The molecule has 0 unspecified atom stereocenters. The second-order valence-electron chi connectivity index (χ2n) is 5.20. The van der Waals surface area contributed by atoms with Crippen LogP contribution in [0.1, 0.15) is 5.69 Å². The predicted molar refractivity (Wildman–Crippen MR) is 78.5 cm³/mol. The van der Waals surface area contributed by atoms with E-state index in [4.69, 9.17) is 5.73 Å². The third-order valence-corrected chi connectivity index (χ3v) is 3.53. The molecule has 1 saturated heterocycles. The molecule has 106 valence electrons. The van der Waals surface area contributed by atoms with Crippen LogP contribution in [0.5, 0.6) is 0 Å². The van der Waals surface area contributed by atoms with E-state index in [-0.39, 0.29) is 5.95 Å². The van der Waals surface area contributed by atoms with Crippen LogP contribution in [0.25, 0.3) is 11.4 Å². The maximum Gasteiger partial charge on any atom is 0.222 e. The number of aryl methyl sites for hydroxylation is 1. The molecular formula is C13H19N7. The lowest BCUT2D eigenvalue weighted by molar-refractivity contribution is 0.312. The summed E-state index contributed by atoms with van der Waals surface area (Å²) in [4.78, 5) is 13.2. The van der Waals surface area contributed by atoms with Crippen LogP contribution in [0.4, 0.5) is 11.8 Å². The third kappa shape index (κ3) is 2.57. The molecule has 0 aromatic carbocycles. The molecule has 7 heteroatoms. The van der Waals surface area contributed by atoms with E-state index in [1.165, 1.54) is 0 Å². The van der Waals surface area contributed by atoms with Crippen LogP contribution in [-0.4, -0.2) is 58.3 Å². The lowest BCUT2D eigenvalue weighted by Gasteiger charge is -2.33. The second kappa shape index (κ2) is 5.09. The van der Waals surface area contributed by atoms with E-state index in [9.17, 15) is 0 Å². The summed E-state index contributed by atoms with van der Waals surface area (Å²) in [6.45, 7) is 5.92. The third-order valence-electron chi connectivity index (χ3n) is 3.53. The van der Waals surface area contributed by atoms with Gasteiger partial charge in [0.25, 0.3) is 0 Å². The Bertz CT molecular complexity index is 599. The van der Waals surface area contributed by atoms with Crippen LogP contribution < -0.4 is 10.6 Å². The van der Waals surface area contributed by atoms with Gasteiger partial charge >= 0.3 is 0 Å². The van der Waals surface area contributed by atoms with Crippen LogP contribution in [0.2, 0.25) is 0 Å². The summed E-state index contributed by atoms with van der Waals surface area (Å²) in [6, 6.07) is 3.91. The zero-order valence-electron chi connectivity index (χ0n) is 11.8. The van der Waals surface area contributed by atoms with Crippen molar-refractivity contribution in [2.45, 2.75) is 6.92 Å². The quantitative estimate of drug-likeness (QED) is 0.829. The Kier molecular flexibility index (Phi) is 3.27. The molecule has 0 aliphatic carbocycles. The first-order chi connectivity index (χ1) is 9.61. The molecule has 3 rings (SSSR count). The molecule has 0 saturated carbocycles. The number of nitrogen functional groups attached to an aromatic ring is 1. The van der Waals surface area contributed by atoms with Crippen molar-refractivity contribution in [1.29, 1.82) is 0 Å². The van der Waals surface area contributed by atoms with E-state index in [2.05, 4.69) is 37.0 Å². The zero-order chi connectivity index (χ0) is 14.1. The molecule has 2 aromatic heterocycles. The number of piperazine rings is 1. The largest absolute Gasteiger partial charge is 0.368 e. The molecule has 0 bridgehead atoms. The number of nitrogens with one attached hydrogen (secondary N) is 1. The van der Waals surface area contributed by atoms with E-state index in [0.717, 1.165) is 49.1 Å². The summed E-state index contributed by atoms with van der Waals surface area (Å²) >= 11 is 0. The molecule has 3 N–H and O–H groups in total. The summed E-state index contributed by atoms with van der Waals surface area (Å²) in [5, 5.41) is 7.15. The van der Waals surface area contributed by atoms with Crippen LogP contribution in [0.3, 0.4) is 0 Å². The lowest BCUT2D eigenvalue weighted by atomic mass is 10.2. The smallest absolute Gasteiger partial charge is 0.222 e. The van der Waals surface area contributed by atoms with Crippen molar-refractivity contribution < 1.29 is 0 Å². The Morgan fingerprint density at radius 3 is 2.50 bits per heavy atom. The van der Waals surface area contributed by atoms with Crippen LogP contribution >= 0.6 is 0 Å². The van der Waals surface area contributed by atoms with Gasteiger partial charge in [-0.3, -0.25) is 5.10 Å². The first-order valence-corrected chi connectivity index (χ1v) is 6.72. The van der Waals surface area contributed by atoms with Crippen molar-refractivity contribution in [1.82, 2.24) is 25.1 Å². The van der Waals surface area contributed by atoms with Crippen molar-refractivity contribution in [2.24, 2.45) is 0 Å². The number of aromatic nitrogens is 4. The topological polar surface area (TPSA) is 87.0 Å². The molecule has 0 radical (unpaired) electrons. The molecule has 0 amide bonds. The number of H-pyrrole nitrogens is 1. The molecule has 0 atom stereocenters. The highest BCUT2D eigenvalue weighted by atomic mass is 15.3. The summed E-state index contributed by atoms with van der Waals surface area (Å²) in [5.41, 5.74) is 8.40. The average Bonchev–Trinajstić information content (AvgIpc) is 2.85. The molecule has 3 heterocycles. The van der Waals surface area contributed by atoms with Gasteiger partial charge in [0.2, 0.25) is 5.95 Å². The molecule has 7 nitrogen and oxygen atoms in total. The van der Waals surface area contributed by atoms with Gasteiger partial charge in [-0.2, -0.15) is 10.1 Å². The van der Waals surface area contributed by atoms with Gasteiger partial charge in [0.1, 0.15) is 11.5 Å². The van der Waals surface area contributed by atoms with Gasteiger partial charge in [-0.1, -0.05) is 0 Å². The van der Waals surface area contributed by atoms with E-state index in [1.807, 2.05) is 19.1 Å². The van der Waals surface area contributed by atoms with Gasteiger partial charge in [0, 0.05) is 37.9 Å². The van der Waals surface area contributed by atoms with Crippen molar-refractivity contribution >= 4 is 11.8 Å². The number of aromatic amines is 1. The SMILES string of the molecule is Cc1cc(-c2cc(N3CCN(C)CC3)nc(N)n2)n[nH]1. The van der Waals surface area contributed by atoms with Crippen LogP contribution in [-0.2, 0) is 0 Å². The van der Waals surface area contributed by atoms with Gasteiger partial charge in [-0.15, -0.1) is 0 Å². The minimum atomic E-state index is 0.289. The van der Waals surface area contributed by atoms with Gasteiger partial charge in [0.05, 0.1) is 5.69 Å². The fraction of sp³-hybridized carbons (Fsp3) is 0.462. The zero-order valence-corrected chi connectivity index (χ0v) is 11.8. The summed E-state index contributed by atoms with van der Waals surface area (Å²) in [6.07, 6.45) is 0. The fourth-order valence-corrected chi connectivity index (χ4v) is 2.33. The van der Waals surface area contributed by atoms with Crippen molar-refractivity contribution in [3.8, 4) is 11.4 Å². The lowest BCUT2D eigenvalue weighted by Crippen LogP contribution is -2.44. The molecule has 0 spiro atoms. The number of rotatable bonds is 2. The van der Waals surface area contributed by atoms with Crippen molar-refractivity contribution in [3.05, 3.63) is 17.8 Å². The highest BCUT2D eigenvalue weighted by Crippen LogP contribution is 2.22. The van der Waals surface area contributed by atoms with Gasteiger partial charge in [-0.25, -0.2) is 4.98 Å². The monoisotopic (exact) mass is 273 g/mol. The van der Waals surface area contributed by atoms with Crippen molar-refractivity contribution in [2.75, 3.05) is 43.9 Å². The predicted octanol–water partition coefficient (Wildman–Crippen LogP) is 0.509. The minimum Gasteiger partial charge on any atom is -0.368 e. The Morgan fingerprint density at radius 2 is 1.85 bits per heavy atom. The molecule has 20 heavy (non-hydrogen) atoms. The number of nitrogens with two attached hydrogens (primary N) is 1. The highest BCUT2D eigenvalue weighted by Gasteiger charge is 2.17. The first kappa shape index (κ1) is 12.9. The molecular weight excluding hydrogens is 254 g/mol. The maximum atomic E-state index is 5.84. The van der Waals surface area contributed by atoms with Gasteiger partial charge < -0.3 is 15.5 Å². The van der Waals surface area contributed by atoms with Gasteiger partial charge in [0.15, 0.2) is 0 Å². The summed E-state index contributed by atoms with van der Waals surface area (Å²) < 4.78 is 0. The summed E-state index contributed by atoms with van der Waals surface area (Å²) in [5.74, 6) is 1.17. The second-order valence-corrected chi connectivity index (χ2v) is 5.20. The Labute approximate surface area is 117 Å². The summed E-state index contributed by atoms with van der Waals surface area (Å²) in [7, 11) is 2.13. The van der Waals surface area contributed by atoms with Crippen LogP contribution in [0, 0.1) is 6.92 Å². The number of hydrogen-bond donors (Lipinski definition) is 2. The van der Waals surface area contributed by atoms with E-state index in [0.29, 0.717) is 0 Å². The number of likely N-dealkylation sites (N-methyl/N-ethyl adjacent to an activating group) is 1. The molecule has 1 fully saturated rings. The van der Waals surface area contributed by atoms with Crippen LogP contribution in [0.15, 0.2) is 12.1 Å². The highest BCUT2D eigenvalue weighted by molar-refractivity contribution is 5.61. The standard InChI is InChI=1S/C13H19N7/c1-9-7-11(18-17-9)10-8-12(16-13(14)15-10)20-5-3-19(2)4-6-20/h7-8H,3-6H2,1-2H3,(H,17,18)(H2,14,15,16). The van der Waals surface area contributed by atoms with E-state index in [1.54, 1.807) is 0 Å². The Hall–Kier alpha value is -2.15. The molecule has 1 aliphatic rings. The first-order valence-electron chi connectivity index (χ1n) is 6.72. The normalized spacial score (nSPS) is 16.6. The van der Waals surface area contributed by atoms with Crippen molar-refractivity contribution in [3.63, 3.8) is 0 Å². The van der Waals surface area contributed by atoms with E-state index >= 15 is 0 Å². The van der Waals surface area contributed by atoms with E-state index < -0.39 is 0 Å². The molecule has 1 aliphatic heterocycles. The fourth-order valence-electron chi connectivity index (χ4n) is 2.33. The van der Waals surface area contributed by atoms with Gasteiger partial charge in [-0.05, 0) is 20.0 Å². The maximum absolute atomic E-state index is 5.84. The Morgan fingerprint density at radius 1 is 1.10 bits per heavy atom.